The van der Waals surface area contributed by atoms with Crippen molar-refractivity contribution < 1.29 is 0 Å². The predicted molar refractivity (Wildman–Crippen MR) is 69.0 cm³/mol. The fraction of sp³-hybridized carbons (Fsp3) is 0.100. The van der Waals surface area contributed by atoms with Gasteiger partial charge in [-0.1, -0.05) is 23.2 Å². The van der Waals surface area contributed by atoms with Gasteiger partial charge in [0.05, 0.1) is 10.5 Å². The summed E-state index contributed by atoms with van der Waals surface area (Å²) >= 11 is 11.7. The van der Waals surface area contributed by atoms with Crippen LogP contribution in [0.2, 0.25) is 10.2 Å². The van der Waals surface area contributed by atoms with Gasteiger partial charge in [-0.2, -0.15) is 5.26 Å². The highest BCUT2D eigenvalue weighted by molar-refractivity contribution is 6.36. The SMILES string of the molecule is Cl.Cn1c(=O)c(C#N)c(Cl)c2nc(Cl)ccc21. The van der Waals surface area contributed by atoms with E-state index in [-0.39, 0.29) is 28.1 Å². The second kappa shape index (κ2) is 4.92. The van der Waals surface area contributed by atoms with Crippen LogP contribution in [0, 0.1) is 11.3 Å². The summed E-state index contributed by atoms with van der Waals surface area (Å²) in [5.41, 5.74) is 0.335. The molecule has 0 aliphatic heterocycles. The molecule has 17 heavy (non-hydrogen) atoms. The average Bonchev–Trinajstić information content (AvgIpc) is 2.27. The molecule has 0 fully saturated rings. The molecule has 2 aromatic heterocycles. The molecule has 88 valence electrons. The van der Waals surface area contributed by atoms with E-state index in [9.17, 15) is 4.79 Å². The van der Waals surface area contributed by atoms with Crippen LogP contribution in [0.4, 0.5) is 0 Å². The molecule has 2 aromatic rings. The molecule has 0 atom stereocenters. The van der Waals surface area contributed by atoms with Crippen molar-refractivity contribution in [2.24, 2.45) is 7.05 Å². The van der Waals surface area contributed by atoms with Crippen molar-refractivity contribution in [3.8, 4) is 6.07 Å². The molecular weight excluding hydrogens is 284 g/mol. The van der Waals surface area contributed by atoms with E-state index >= 15 is 0 Å². The first-order valence-corrected chi connectivity index (χ1v) is 5.06. The largest absolute Gasteiger partial charge is 0.309 e. The molecule has 2 rings (SSSR count). The zero-order valence-corrected chi connectivity index (χ0v) is 10.9. The lowest BCUT2D eigenvalue weighted by Crippen LogP contribution is -2.20. The van der Waals surface area contributed by atoms with Crippen LogP contribution in [0.1, 0.15) is 5.56 Å². The highest BCUT2D eigenvalue weighted by atomic mass is 35.5. The number of fused-ring (bicyclic) bond motifs is 1. The summed E-state index contributed by atoms with van der Waals surface area (Å²) in [4.78, 5) is 15.7. The first-order valence-electron chi connectivity index (χ1n) is 4.31. The molecule has 0 aromatic carbocycles. The van der Waals surface area contributed by atoms with Gasteiger partial charge >= 0.3 is 0 Å². The van der Waals surface area contributed by atoms with Gasteiger partial charge in [-0.05, 0) is 12.1 Å². The summed E-state index contributed by atoms with van der Waals surface area (Å²) in [5.74, 6) is 0. The van der Waals surface area contributed by atoms with Crippen LogP contribution in [0.15, 0.2) is 16.9 Å². The fourth-order valence-corrected chi connectivity index (χ4v) is 1.86. The average molecular weight is 291 g/mol. The van der Waals surface area contributed by atoms with E-state index < -0.39 is 5.56 Å². The van der Waals surface area contributed by atoms with E-state index in [0.29, 0.717) is 11.0 Å². The zero-order chi connectivity index (χ0) is 11.9. The van der Waals surface area contributed by atoms with Gasteiger partial charge in [0.2, 0.25) is 0 Å². The summed E-state index contributed by atoms with van der Waals surface area (Å²) in [5, 5.41) is 9.15. The van der Waals surface area contributed by atoms with Crippen LogP contribution in [-0.2, 0) is 7.05 Å². The van der Waals surface area contributed by atoms with Crippen molar-refractivity contribution in [2.75, 3.05) is 0 Å². The van der Waals surface area contributed by atoms with Crippen LogP contribution in [0.25, 0.3) is 11.0 Å². The summed E-state index contributed by atoms with van der Waals surface area (Å²) in [6, 6.07) is 4.97. The van der Waals surface area contributed by atoms with Gasteiger partial charge in [-0.25, -0.2) is 4.98 Å². The molecule has 7 heteroatoms. The molecule has 0 saturated carbocycles. The Bertz CT molecular complexity index is 688. The molecule has 0 bridgehead atoms. The van der Waals surface area contributed by atoms with Crippen molar-refractivity contribution in [3.63, 3.8) is 0 Å². The fourth-order valence-electron chi connectivity index (χ4n) is 1.45. The number of rotatable bonds is 0. The Kier molecular flexibility index (Phi) is 3.99. The highest BCUT2D eigenvalue weighted by Gasteiger charge is 2.14. The van der Waals surface area contributed by atoms with Crippen molar-refractivity contribution in [3.05, 3.63) is 38.2 Å². The highest BCUT2D eigenvalue weighted by Crippen LogP contribution is 2.23. The number of pyridine rings is 2. The summed E-state index contributed by atoms with van der Waals surface area (Å²) in [7, 11) is 1.55. The first-order chi connectivity index (χ1) is 7.56. The maximum atomic E-state index is 11.7. The third kappa shape index (κ3) is 2.09. The Morgan fingerprint density at radius 3 is 2.65 bits per heavy atom. The molecule has 0 radical (unpaired) electrons. The van der Waals surface area contributed by atoms with Gasteiger partial charge in [0, 0.05) is 7.05 Å². The summed E-state index contributed by atoms with van der Waals surface area (Å²) in [6.07, 6.45) is 0. The molecule has 2 heterocycles. The quantitative estimate of drug-likeness (QED) is 0.701. The third-order valence-corrected chi connectivity index (χ3v) is 2.84. The van der Waals surface area contributed by atoms with Crippen molar-refractivity contribution in [1.29, 1.82) is 5.26 Å². The zero-order valence-electron chi connectivity index (χ0n) is 8.57. The molecule has 0 aliphatic carbocycles. The number of nitriles is 1. The van der Waals surface area contributed by atoms with Gasteiger partial charge in [0.25, 0.3) is 5.56 Å². The number of hydrogen-bond acceptors (Lipinski definition) is 3. The minimum Gasteiger partial charge on any atom is -0.309 e. The van der Waals surface area contributed by atoms with Crippen LogP contribution in [-0.4, -0.2) is 9.55 Å². The smallest absolute Gasteiger partial charge is 0.270 e. The summed E-state index contributed by atoms with van der Waals surface area (Å²) in [6.45, 7) is 0. The maximum absolute atomic E-state index is 11.7. The molecule has 0 N–H and O–H groups in total. The number of hydrogen-bond donors (Lipinski definition) is 0. The molecule has 0 unspecified atom stereocenters. The minimum atomic E-state index is -0.441. The second-order valence-corrected chi connectivity index (χ2v) is 3.93. The third-order valence-electron chi connectivity index (χ3n) is 2.26. The predicted octanol–water partition coefficient (Wildman–Crippen LogP) is 2.53. The number of aryl methyl sites for hydroxylation is 1. The monoisotopic (exact) mass is 289 g/mol. The van der Waals surface area contributed by atoms with Crippen molar-refractivity contribution in [1.82, 2.24) is 9.55 Å². The van der Waals surface area contributed by atoms with Gasteiger partial charge < -0.3 is 4.57 Å². The number of aromatic nitrogens is 2. The Hall–Kier alpha value is -1.28. The van der Waals surface area contributed by atoms with Crippen molar-refractivity contribution in [2.45, 2.75) is 0 Å². The molecule has 4 nitrogen and oxygen atoms in total. The minimum absolute atomic E-state index is 0. The molecule has 0 spiro atoms. The van der Waals surface area contributed by atoms with Crippen LogP contribution < -0.4 is 5.56 Å². The molecular formula is C10H6Cl3N3O. The van der Waals surface area contributed by atoms with Crippen LogP contribution in [0.3, 0.4) is 0 Å². The van der Waals surface area contributed by atoms with Gasteiger partial charge in [-0.3, -0.25) is 4.79 Å². The first kappa shape index (κ1) is 13.8. The van der Waals surface area contributed by atoms with E-state index in [4.69, 9.17) is 28.5 Å². The van der Waals surface area contributed by atoms with E-state index in [2.05, 4.69) is 4.98 Å². The Morgan fingerprint density at radius 1 is 1.41 bits per heavy atom. The van der Waals surface area contributed by atoms with Gasteiger partial charge in [0.15, 0.2) is 0 Å². The number of halogens is 3. The van der Waals surface area contributed by atoms with E-state index in [1.165, 1.54) is 4.57 Å². The van der Waals surface area contributed by atoms with Gasteiger partial charge in [-0.15, -0.1) is 12.4 Å². The topological polar surface area (TPSA) is 58.7 Å². The normalized spacial score (nSPS) is 9.76. The lowest BCUT2D eigenvalue weighted by molar-refractivity contribution is 0.898. The lowest BCUT2D eigenvalue weighted by atomic mass is 10.2. The van der Waals surface area contributed by atoms with E-state index in [1.807, 2.05) is 0 Å². The molecule has 0 saturated heterocycles. The molecule has 0 amide bonds. The van der Waals surface area contributed by atoms with Crippen molar-refractivity contribution >= 4 is 46.6 Å². The van der Waals surface area contributed by atoms with E-state index in [0.717, 1.165) is 0 Å². The standard InChI is InChI=1S/C10H5Cl2N3O.ClH/c1-15-6-2-3-7(11)14-9(6)8(12)5(4-13)10(15)16;/h2-3H,1H3;1H. The molecule has 0 aliphatic rings. The Balaban J connectivity index is 0.00000144. The summed E-state index contributed by atoms with van der Waals surface area (Å²) < 4.78 is 1.32. The van der Waals surface area contributed by atoms with Crippen LogP contribution in [0.5, 0.6) is 0 Å². The van der Waals surface area contributed by atoms with Crippen LogP contribution >= 0.6 is 35.6 Å². The number of nitrogens with zero attached hydrogens (tertiary/aromatic N) is 3. The van der Waals surface area contributed by atoms with Gasteiger partial charge in [0.1, 0.15) is 22.3 Å². The Labute approximate surface area is 113 Å². The Morgan fingerprint density at radius 2 is 2.06 bits per heavy atom. The maximum Gasteiger partial charge on any atom is 0.270 e. The lowest BCUT2D eigenvalue weighted by Gasteiger charge is -2.07. The second-order valence-electron chi connectivity index (χ2n) is 3.17. The van der Waals surface area contributed by atoms with E-state index in [1.54, 1.807) is 25.2 Å².